The molecule has 0 atom stereocenters. The van der Waals surface area contributed by atoms with E-state index >= 15 is 0 Å². The molecule has 246 valence electrons. The van der Waals surface area contributed by atoms with Crippen molar-refractivity contribution in [2.24, 2.45) is 0 Å². The standard InChI is InChI=1S/C43H59P3/c1-30(2)44(31(3)4)40-27-19-16-24-37(40)43(36-22-14-13-15-23-36,38-25-17-20-28-41(38)45(32(5)6)33(7)8)39-26-18-21-29-42(39)46(34(9)10)35(11)12/h13-35H,1-12H3. The molecule has 4 rings (SSSR count). The zero-order chi connectivity index (χ0) is 33.8. The van der Waals surface area contributed by atoms with Gasteiger partial charge in [-0.05, 0) is 72.1 Å². The summed E-state index contributed by atoms with van der Waals surface area (Å²) in [6.07, 6.45) is 0. The van der Waals surface area contributed by atoms with Crippen LogP contribution in [0.1, 0.15) is 105 Å². The van der Waals surface area contributed by atoms with E-state index in [1.54, 1.807) is 15.9 Å². The second-order valence-electron chi connectivity index (χ2n) is 14.5. The summed E-state index contributed by atoms with van der Waals surface area (Å²) in [7, 11) is -1.26. The minimum absolute atomic E-state index is 0.419. The average molecular weight is 669 g/mol. The van der Waals surface area contributed by atoms with Gasteiger partial charge in [0, 0.05) is 0 Å². The molecule has 46 heavy (non-hydrogen) atoms. The number of hydrogen-bond acceptors (Lipinski definition) is 0. The van der Waals surface area contributed by atoms with Gasteiger partial charge in [0.1, 0.15) is 0 Å². The van der Waals surface area contributed by atoms with Gasteiger partial charge in [-0.15, -0.1) is 0 Å². The number of benzene rings is 4. The van der Waals surface area contributed by atoms with Crippen LogP contribution in [0.15, 0.2) is 103 Å². The van der Waals surface area contributed by atoms with Crippen LogP contribution < -0.4 is 15.9 Å². The Balaban J connectivity index is 2.37. The molecule has 0 nitrogen and oxygen atoms in total. The van der Waals surface area contributed by atoms with Crippen LogP contribution in [0.25, 0.3) is 0 Å². The molecular weight excluding hydrogens is 609 g/mol. The third kappa shape index (κ3) is 7.27. The second kappa shape index (κ2) is 16.0. The van der Waals surface area contributed by atoms with Crippen molar-refractivity contribution in [1.29, 1.82) is 0 Å². The summed E-state index contributed by atoms with van der Waals surface area (Å²) in [6, 6.07) is 40.5. The van der Waals surface area contributed by atoms with E-state index in [0.29, 0.717) is 34.0 Å². The van der Waals surface area contributed by atoms with Crippen molar-refractivity contribution in [2.45, 2.75) is 122 Å². The van der Waals surface area contributed by atoms with Gasteiger partial charge >= 0.3 is 0 Å². The average Bonchev–Trinajstić information content (AvgIpc) is 2.99. The Morgan fingerprint density at radius 1 is 0.326 bits per heavy atom. The lowest BCUT2D eigenvalue weighted by Gasteiger charge is -2.45. The molecule has 0 unspecified atom stereocenters. The van der Waals surface area contributed by atoms with Crippen LogP contribution in [0, 0.1) is 0 Å². The molecular formula is C43H59P3. The maximum Gasteiger partial charge on any atom is 0.0720 e. The molecule has 0 spiro atoms. The Bertz CT molecular complexity index is 1350. The van der Waals surface area contributed by atoms with Gasteiger partial charge in [-0.1, -0.05) is 210 Å². The molecule has 3 heteroatoms. The van der Waals surface area contributed by atoms with Crippen LogP contribution in [-0.2, 0) is 5.41 Å². The van der Waals surface area contributed by atoms with E-state index in [9.17, 15) is 0 Å². The predicted octanol–water partition coefficient (Wildman–Crippen LogP) is 11.8. The highest BCUT2D eigenvalue weighted by Crippen LogP contribution is 2.56. The lowest BCUT2D eigenvalue weighted by atomic mass is 9.65. The van der Waals surface area contributed by atoms with Crippen molar-refractivity contribution in [2.75, 3.05) is 0 Å². The summed E-state index contributed by atoms with van der Waals surface area (Å²) in [4.78, 5) is 0. The molecule has 0 aliphatic heterocycles. The highest BCUT2D eigenvalue weighted by atomic mass is 31.1. The van der Waals surface area contributed by atoms with Crippen molar-refractivity contribution >= 4 is 39.7 Å². The van der Waals surface area contributed by atoms with Gasteiger partial charge in [0.15, 0.2) is 0 Å². The fourth-order valence-corrected chi connectivity index (χ4v) is 17.3. The van der Waals surface area contributed by atoms with E-state index in [1.807, 2.05) is 0 Å². The van der Waals surface area contributed by atoms with Gasteiger partial charge in [0.2, 0.25) is 0 Å². The van der Waals surface area contributed by atoms with E-state index < -0.39 is 29.2 Å². The van der Waals surface area contributed by atoms with E-state index in [4.69, 9.17) is 0 Å². The first kappa shape index (κ1) is 37.0. The Hall–Kier alpha value is -1.83. The van der Waals surface area contributed by atoms with Gasteiger partial charge in [0.25, 0.3) is 0 Å². The predicted molar refractivity (Wildman–Crippen MR) is 215 cm³/mol. The first-order chi connectivity index (χ1) is 21.8. The molecule has 0 radical (unpaired) electrons. The fourth-order valence-electron chi connectivity index (χ4n) is 8.10. The summed E-state index contributed by atoms with van der Waals surface area (Å²) < 4.78 is 0. The van der Waals surface area contributed by atoms with Crippen LogP contribution in [0.4, 0.5) is 0 Å². The molecule has 0 amide bonds. The Labute approximate surface area is 286 Å². The Morgan fingerprint density at radius 2 is 0.565 bits per heavy atom. The Morgan fingerprint density at radius 3 is 0.826 bits per heavy atom. The van der Waals surface area contributed by atoms with Crippen LogP contribution in [0.2, 0.25) is 0 Å². The molecule has 4 aromatic rings. The molecule has 0 aromatic heterocycles. The van der Waals surface area contributed by atoms with E-state index in [1.165, 1.54) is 22.3 Å². The number of rotatable bonds is 13. The van der Waals surface area contributed by atoms with Gasteiger partial charge in [-0.3, -0.25) is 0 Å². The highest BCUT2D eigenvalue weighted by molar-refractivity contribution is 7.67. The zero-order valence-corrected chi connectivity index (χ0v) is 33.3. The van der Waals surface area contributed by atoms with Crippen molar-refractivity contribution in [3.63, 3.8) is 0 Å². The van der Waals surface area contributed by atoms with Crippen LogP contribution in [-0.4, -0.2) is 34.0 Å². The minimum atomic E-state index is -0.454. The Kier molecular flexibility index (Phi) is 12.9. The quantitative estimate of drug-likeness (QED) is 0.0982. The summed E-state index contributed by atoms with van der Waals surface area (Å²) in [5.41, 5.74) is 8.90. The normalized spacial score (nSPS) is 12.8. The van der Waals surface area contributed by atoms with Crippen molar-refractivity contribution in [1.82, 2.24) is 0 Å². The van der Waals surface area contributed by atoms with Gasteiger partial charge in [-0.25, -0.2) is 0 Å². The van der Waals surface area contributed by atoms with Crippen LogP contribution in [0.5, 0.6) is 0 Å². The molecule has 0 heterocycles. The van der Waals surface area contributed by atoms with E-state index in [0.717, 1.165) is 0 Å². The summed E-state index contributed by atoms with van der Waals surface area (Å²) in [5, 5.41) is 4.69. The first-order valence-electron chi connectivity index (χ1n) is 17.5. The SMILES string of the molecule is CC(C)P(c1ccccc1C(c1ccccc1)(c1ccccc1P(C(C)C)C(C)C)c1ccccc1P(C(C)C)C(C)C)C(C)C. The summed E-state index contributed by atoms with van der Waals surface area (Å²) in [5.74, 6) is 0. The molecule has 0 saturated carbocycles. The van der Waals surface area contributed by atoms with Crippen molar-refractivity contribution in [3.05, 3.63) is 125 Å². The van der Waals surface area contributed by atoms with Crippen LogP contribution >= 0.6 is 23.8 Å². The zero-order valence-electron chi connectivity index (χ0n) is 30.6. The van der Waals surface area contributed by atoms with Gasteiger partial charge < -0.3 is 0 Å². The van der Waals surface area contributed by atoms with Crippen molar-refractivity contribution in [3.8, 4) is 0 Å². The van der Waals surface area contributed by atoms with E-state index in [-0.39, 0.29) is 0 Å². The summed E-state index contributed by atoms with van der Waals surface area (Å²) >= 11 is 0. The maximum atomic E-state index is 2.51. The van der Waals surface area contributed by atoms with Crippen molar-refractivity contribution < 1.29 is 0 Å². The smallest absolute Gasteiger partial charge is 0.0697 e. The second-order valence-corrected chi connectivity index (χ2v) is 24.5. The van der Waals surface area contributed by atoms with Crippen LogP contribution in [0.3, 0.4) is 0 Å². The third-order valence-corrected chi connectivity index (χ3v) is 18.8. The highest BCUT2D eigenvalue weighted by Gasteiger charge is 2.46. The molecule has 0 fully saturated rings. The van der Waals surface area contributed by atoms with Gasteiger partial charge in [0.05, 0.1) is 5.41 Å². The first-order valence-corrected chi connectivity index (χ1v) is 22.0. The molecule has 0 bridgehead atoms. The lowest BCUT2D eigenvalue weighted by molar-refractivity contribution is 0.759. The third-order valence-electron chi connectivity index (χ3n) is 9.30. The van der Waals surface area contributed by atoms with Gasteiger partial charge in [-0.2, -0.15) is 0 Å². The lowest BCUT2D eigenvalue weighted by Crippen LogP contribution is -2.43. The fraction of sp³-hybridized carbons (Fsp3) is 0.442. The summed E-state index contributed by atoms with van der Waals surface area (Å²) in [6.45, 7) is 29.4. The molecule has 4 aromatic carbocycles. The largest absolute Gasteiger partial charge is 0.0720 e. The molecule has 0 aliphatic rings. The topological polar surface area (TPSA) is 0 Å². The monoisotopic (exact) mass is 668 g/mol. The number of hydrogen-bond donors (Lipinski definition) is 0. The molecule has 0 aliphatic carbocycles. The molecule has 0 saturated heterocycles. The maximum absolute atomic E-state index is 2.51. The molecule has 0 N–H and O–H groups in total. The minimum Gasteiger partial charge on any atom is -0.0697 e. The van der Waals surface area contributed by atoms with E-state index in [2.05, 4.69) is 186 Å².